The van der Waals surface area contributed by atoms with Crippen molar-refractivity contribution < 1.29 is 9.59 Å². The van der Waals surface area contributed by atoms with Crippen LogP contribution in [0.1, 0.15) is 30.9 Å². The van der Waals surface area contributed by atoms with Gasteiger partial charge in [-0.05, 0) is 43.0 Å². The van der Waals surface area contributed by atoms with E-state index in [4.69, 9.17) is 0 Å². The van der Waals surface area contributed by atoms with Crippen LogP contribution >= 0.6 is 0 Å². The van der Waals surface area contributed by atoms with Crippen molar-refractivity contribution in [2.24, 2.45) is 0 Å². The molecule has 3 rings (SSSR count). The maximum absolute atomic E-state index is 12.8. The minimum atomic E-state index is -0.569. The smallest absolute Gasteiger partial charge is 0.245 e. The van der Waals surface area contributed by atoms with Crippen molar-refractivity contribution in [1.29, 1.82) is 0 Å². The van der Waals surface area contributed by atoms with Gasteiger partial charge in [0.2, 0.25) is 11.8 Å². The fourth-order valence-electron chi connectivity index (χ4n) is 2.77. The van der Waals surface area contributed by atoms with Gasteiger partial charge in [-0.1, -0.05) is 36.4 Å². The van der Waals surface area contributed by atoms with Crippen LogP contribution in [-0.2, 0) is 16.1 Å². The third kappa shape index (κ3) is 5.02. The van der Waals surface area contributed by atoms with Gasteiger partial charge in [0.05, 0.1) is 0 Å². The molecule has 5 heteroatoms. The highest BCUT2D eigenvalue weighted by atomic mass is 16.2. The van der Waals surface area contributed by atoms with Crippen molar-refractivity contribution in [3.63, 3.8) is 0 Å². The number of carbonyl (C=O) groups is 2. The fourth-order valence-corrected chi connectivity index (χ4v) is 2.77. The molecule has 5 nitrogen and oxygen atoms in total. The van der Waals surface area contributed by atoms with Gasteiger partial charge in [-0.3, -0.25) is 14.6 Å². The van der Waals surface area contributed by atoms with Crippen molar-refractivity contribution in [2.45, 2.75) is 38.4 Å². The average molecular weight is 349 g/mol. The highest BCUT2D eigenvalue weighted by molar-refractivity contribution is 5.95. The molecule has 0 bridgehead atoms. The molecule has 2 aromatic rings. The Morgan fingerprint density at radius 1 is 1.23 bits per heavy atom. The molecule has 0 unspecified atom stereocenters. The molecule has 1 aliphatic carbocycles. The van der Waals surface area contributed by atoms with Gasteiger partial charge in [0, 0.05) is 31.1 Å². The van der Waals surface area contributed by atoms with Gasteiger partial charge < -0.3 is 10.2 Å². The monoisotopic (exact) mass is 349 g/mol. The van der Waals surface area contributed by atoms with Crippen LogP contribution in [0, 0.1) is 0 Å². The van der Waals surface area contributed by atoms with Crippen molar-refractivity contribution in [3.8, 4) is 0 Å². The van der Waals surface area contributed by atoms with Gasteiger partial charge >= 0.3 is 0 Å². The second-order valence-corrected chi connectivity index (χ2v) is 6.53. The molecule has 134 valence electrons. The van der Waals surface area contributed by atoms with Crippen LogP contribution in [0.5, 0.6) is 0 Å². The normalized spacial score (nSPS) is 14.8. The van der Waals surface area contributed by atoms with Gasteiger partial charge in [0.1, 0.15) is 6.04 Å². The van der Waals surface area contributed by atoms with Gasteiger partial charge in [-0.2, -0.15) is 0 Å². The van der Waals surface area contributed by atoms with E-state index in [1.165, 1.54) is 6.08 Å². The topological polar surface area (TPSA) is 62.3 Å². The van der Waals surface area contributed by atoms with Crippen molar-refractivity contribution in [3.05, 3.63) is 72.1 Å². The van der Waals surface area contributed by atoms with E-state index in [9.17, 15) is 9.59 Å². The summed E-state index contributed by atoms with van der Waals surface area (Å²) in [5.74, 6) is -0.329. The molecule has 1 saturated carbocycles. The van der Waals surface area contributed by atoms with E-state index in [0.29, 0.717) is 6.54 Å². The first-order chi connectivity index (χ1) is 12.6. The van der Waals surface area contributed by atoms with Gasteiger partial charge in [0.25, 0.3) is 0 Å². The summed E-state index contributed by atoms with van der Waals surface area (Å²) >= 11 is 0. The third-order valence-electron chi connectivity index (χ3n) is 4.30. The minimum absolute atomic E-state index is 0.0576. The molecule has 1 heterocycles. The van der Waals surface area contributed by atoms with Gasteiger partial charge in [-0.15, -0.1) is 0 Å². The molecule has 0 radical (unpaired) electrons. The molecular formula is C21H23N3O2. The summed E-state index contributed by atoms with van der Waals surface area (Å²) in [6, 6.07) is 13.1. The summed E-state index contributed by atoms with van der Waals surface area (Å²) in [4.78, 5) is 30.9. The second kappa shape index (κ2) is 8.43. The van der Waals surface area contributed by atoms with Crippen LogP contribution in [0.2, 0.25) is 0 Å². The molecule has 1 atom stereocenters. The predicted octanol–water partition coefficient (Wildman–Crippen LogP) is 2.79. The SMILES string of the molecule is C[C@H](NC(=O)/C=C\c1ccccc1)C(=O)N(Cc1cccnc1)C1CC1. The maximum atomic E-state index is 12.8. The first kappa shape index (κ1) is 17.9. The summed E-state index contributed by atoms with van der Waals surface area (Å²) in [7, 11) is 0. The second-order valence-electron chi connectivity index (χ2n) is 6.53. The Labute approximate surface area is 153 Å². The lowest BCUT2D eigenvalue weighted by Gasteiger charge is -2.26. The molecule has 0 saturated heterocycles. The van der Waals surface area contributed by atoms with E-state index in [2.05, 4.69) is 10.3 Å². The zero-order chi connectivity index (χ0) is 18.4. The number of carbonyl (C=O) groups excluding carboxylic acids is 2. The molecule has 2 amide bonds. The number of nitrogens with zero attached hydrogens (tertiary/aromatic N) is 2. The zero-order valence-corrected chi connectivity index (χ0v) is 14.8. The Balaban J connectivity index is 1.58. The summed E-state index contributed by atoms with van der Waals surface area (Å²) < 4.78 is 0. The first-order valence-corrected chi connectivity index (χ1v) is 8.86. The molecule has 1 aliphatic rings. The lowest BCUT2D eigenvalue weighted by Crippen LogP contribution is -2.47. The highest BCUT2D eigenvalue weighted by Crippen LogP contribution is 2.28. The number of pyridine rings is 1. The lowest BCUT2D eigenvalue weighted by atomic mass is 10.2. The molecule has 0 aliphatic heterocycles. The van der Waals surface area contributed by atoms with Crippen molar-refractivity contribution in [2.75, 3.05) is 0 Å². The first-order valence-electron chi connectivity index (χ1n) is 8.86. The number of rotatable bonds is 7. The molecule has 1 aromatic carbocycles. The van der Waals surface area contributed by atoms with Crippen LogP contribution < -0.4 is 5.32 Å². The Morgan fingerprint density at radius 3 is 2.65 bits per heavy atom. The Kier molecular flexibility index (Phi) is 5.79. The van der Waals surface area contributed by atoms with Crippen molar-refractivity contribution in [1.82, 2.24) is 15.2 Å². The Bertz CT molecular complexity index is 770. The van der Waals surface area contributed by atoms with Crippen LogP contribution in [0.3, 0.4) is 0 Å². The number of nitrogens with one attached hydrogen (secondary N) is 1. The third-order valence-corrected chi connectivity index (χ3v) is 4.30. The lowest BCUT2D eigenvalue weighted by molar-refractivity contribution is -0.136. The van der Waals surface area contributed by atoms with Crippen molar-refractivity contribution >= 4 is 17.9 Å². The zero-order valence-electron chi connectivity index (χ0n) is 14.8. The van der Waals surface area contributed by atoms with E-state index < -0.39 is 6.04 Å². The summed E-state index contributed by atoms with van der Waals surface area (Å²) in [6.07, 6.45) is 8.72. The van der Waals surface area contributed by atoms with Crippen LogP contribution in [0.4, 0.5) is 0 Å². The van der Waals surface area contributed by atoms with E-state index >= 15 is 0 Å². The minimum Gasteiger partial charge on any atom is -0.341 e. The van der Waals surface area contributed by atoms with E-state index in [-0.39, 0.29) is 17.9 Å². The standard InChI is InChI=1S/C21H23N3O2/c1-16(23-20(25)12-9-17-6-3-2-4-7-17)21(26)24(19-10-11-19)15-18-8-5-13-22-14-18/h2-9,12-14,16,19H,10-11,15H2,1H3,(H,23,25)/b12-9-/t16-/m0/s1. The van der Waals surface area contributed by atoms with Gasteiger partial charge in [-0.25, -0.2) is 0 Å². The number of aromatic nitrogens is 1. The van der Waals surface area contributed by atoms with E-state index in [0.717, 1.165) is 24.0 Å². The quantitative estimate of drug-likeness (QED) is 0.782. The number of benzene rings is 1. The summed E-state index contributed by atoms with van der Waals surface area (Å²) in [6.45, 7) is 2.26. The number of amides is 2. The fraction of sp³-hybridized carbons (Fsp3) is 0.286. The average Bonchev–Trinajstić information content (AvgIpc) is 3.50. The predicted molar refractivity (Wildman–Crippen MR) is 101 cm³/mol. The molecule has 1 N–H and O–H groups in total. The van der Waals surface area contributed by atoms with Crippen LogP contribution in [-0.4, -0.2) is 33.8 Å². The number of hydrogen-bond acceptors (Lipinski definition) is 3. The largest absolute Gasteiger partial charge is 0.341 e. The molecule has 0 spiro atoms. The van der Waals surface area contributed by atoms with Gasteiger partial charge in [0.15, 0.2) is 0 Å². The van der Waals surface area contributed by atoms with Crippen LogP contribution in [0.25, 0.3) is 6.08 Å². The van der Waals surface area contributed by atoms with E-state index in [1.54, 1.807) is 25.4 Å². The van der Waals surface area contributed by atoms with E-state index in [1.807, 2.05) is 47.4 Å². The summed E-state index contributed by atoms with van der Waals surface area (Å²) in [5.41, 5.74) is 1.94. The Hall–Kier alpha value is -2.95. The molecule has 26 heavy (non-hydrogen) atoms. The highest BCUT2D eigenvalue weighted by Gasteiger charge is 2.34. The maximum Gasteiger partial charge on any atom is 0.245 e. The Morgan fingerprint density at radius 2 is 2.00 bits per heavy atom. The number of hydrogen-bond donors (Lipinski definition) is 1. The van der Waals surface area contributed by atoms with Crippen LogP contribution in [0.15, 0.2) is 60.9 Å². The molecule has 1 fully saturated rings. The molecular weight excluding hydrogens is 326 g/mol. The summed E-state index contributed by atoms with van der Waals surface area (Å²) in [5, 5.41) is 2.77. The molecule has 1 aromatic heterocycles.